The van der Waals surface area contributed by atoms with Crippen LogP contribution in [-0.4, -0.2) is 10.1 Å². The van der Waals surface area contributed by atoms with Crippen LogP contribution < -0.4 is 0 Å². The van der Waals surface area contributed by atoms with Gasteiger partial charge in [0, 0.05) is 6.20 Å². The van der Waals surface area contributed by atoms with Crippen molar-refractivity contribution >= 4 is 11.3 Å². The van der Waals surface area contributed by atoms with Gasteiger partial charge in [0.15, 0.2) is 0 Å². The molecule has 0 spiro atoms. The minimum atomic E-state index is -0.363. The van der Waals surface area contributed by atoms with Gasteiger partial charge in [-0.05, 0) is 19.8 Å². The average Bonchev–Trinajstić information content (AvgIpc) is 2.37. The molecule has 1 aromatic rings. The fourth-order valence-corrected chi connectivity index (χ4v) is 1.81. The lowest BCUT2D eigenvalue weighted by Gasteiger charge is -1.95. The van der Waals surface area contributed by atoms with E-state index >= 15 is 0 Å². The second-order valence-electron chi connectivity index (χ2n) is 2.58. The molecule has 1 aromatic heterocycles. The molecule has 1 rings (SSSR count). The monoisotopic (exact) mass is 171 g/mol. The average molecular weight is 171 g/mol. The first-order valence-corrected chi connectivity index (χ1v) is 4.68. The molecule has 0 fully saturated rings. The van der Waals surface area contributed by atoms with Crippen LogP contribution in [0.2, 0.25) is 0 Å². The van der Waals surface area contributed by atoms with E-state index in [2.05, 4.69) is 11.9 Å². The van der Waals surface area contributed by atoms with Crippen molar-refractivity contribution in [2.75, 3.05) is 0 Å². The van der Waals surface area contributed by atoms with Crippen LogP contribution >= 0.6 is 11.3 Å². The summed E-state index contributed by atoms with van der Waals surface area (Å²) in [5.74, 6) is 0. The largest absolute Gasteiger partial charge is 0.388 e. The van der Waals surface area contributed by atoms with Gasteiger partial charge in [-0.25, -0.2) is 4.98 Å². The molecule has 1 heterocycles. The number of aliphatic hydroxyl groups excluding tert-OH is 1. The van der Waals surface area contributed by atoms with Crippen molar-refractivity contribution in [2.45, 2.75) is 32.8 Å². The summed E-state index contributed by atoms with van der Waals surface area (Å²) in [6.07, 6.45) is 3.54. The minimum absolute atomic E-state index is 0.363. The molecule has 0 radical (unpaired) electrons. The Morgan fingerprint density at radius 2 is 2.45 bits per heavy atom. The first-order valence-electron chi connectivity index (χ1n) is 3.86. The third-order valence-corrected chi connectivity index (χ3v) is 2.67. The van der Waals surface area contributed by atoms with Gasteiger partial charge >= 0.3 is 0 Å². The van der Waals surface area contributed by atoms with Crippen LogP contribution in [0, 0.1) is 0 Å². The molecule has 0 saturated heterocycles. The smallest absolute Gasteiger partial charge is 0.0928 e. The summed E-state index contributed by atoms with van der Waals surface area (Å²) in [5, 5.41) is 10.3. The van der Waals surface area contributed by atoms with Gasteiger partial charge < -0.3 is 5.11 Å². The Balaban J connectivity index is 2.66. The second-order valence-corrected chi connectivity index (χ2v) is 3.73. The van der Waals surface area contributed by atoms with E-state index in [1.54, 1.807) is 24.5 Å². The first-order chi connectivity index (χ1) is 5.24. The Labute approximate surface area is 70.9 Å². The molecule has 0 aliphatic heterocycles. The maximum absolute atomic E-state index is 9.18. The Kier molecular flexibility index (Phi) is 3.02. The van der Waals surface area contributed by atoms with Crippen LogP contribution in [0.5, 0.6) is 0 Å². The fraction of sp³-hybridized carbons (Fsp3) is 0.625. The Hall–Kier alpha value is -0.410. The molecule has 0 aliphatic rings. The summed E-state index contributed by atoms with van der Waals surface area (Å²) in [5.41, 5.74) is 0. The van der Waals surface area contributed by atoms with Gasteiger partial charge in [-0.15, -0.1) is 11.3 Å². The van der Waals surface area contributed by atoms with E-state index in [0.717, 1.165) is 22.7 Å². The summed E-state index contributed by atoms with van der Waals surface area (Å²) in [7, 11) is 0. The van der Waals surface area contributed by atoms with E-state index < -0.39 is 0 Å². The summed E-state index contributed by atoms with van der Waals surface area (Å²) in [6, 6.07) is 0. The second kappa shape index (κ2) is 3.83. The quantitative estimate of drug-likeness (QED) is 0.756. The van der Waals surface area contributed by atoms with Crippen LogP contribution in [0.4, 0.5) is 0 Å². The van der Waals surface area contributed by atoms with E-state index in [-0.39, 0.29) is 6.10 Å². The molecule has 0 saturated carbocycles. The van der Waals surface area contributed by atoms with Crippen LogP contribution in [-0.2, 0) is 6.42 Å². The molecular formula is C8H13NOS. The van der Waals surface area contributed by atoms with E-state index in [1.165, 1.54) is 0 Å². The lowest BCUT2D eigenvalue weighted by molar-refractivity contribution is 0.203. The number of hydrogen-bond donors (Lipinski definition) is 1. The maximum atomic E-state index is 9.18. The third kappa shape index (κ3) is 2.27. The van der Waals surface area contributed by atoms with Crippen molar-refractivity contribution in [1.82, 2.24) is 4.98 Å². The van der Waals surface area contributed by atoms with Crippen molar-refractivity contribution in [2.24, 2.45) is 0 Å². The summed E-state index contributed by atoms with van der Waals surface area (Å²) in [4.78, 5) is 5.15. The van der Waals surface area contributed by atoms with Crippen molar-refractivity contribution in [3.05, 3.63) is 16.1 Å². The van der Waals surface area contributed by atoms with Crippen LogP contribution in [0.1, 0.15) is 36.3 Å². The van der Waals surface area contributed by atoms with Gasteiger partial charge in [-0.1, -0.05) is 6.92 Å². The molecule has 0 amide bonds. The highest BCUT2D eigenvalue weighted by Crippen LogP contribution is 2.20. The van der Waals surface area contributed by atoms with Gasteiger partial charge in [0.25, 0.3) is 0 Å². The number of aryl methyl sites for hydroxylation is 1. The topological polar surface area (TPSA) is 33.1 Å². The molecule has 1 atom stereocenters. The number of hydrogen-bond acceptors (Lipinski definition) is 3. The predicted octanol–water partition coefficient (Wildman–Crippen LogP) is 2.15. The Morgan fingerprint density at radius 1 is 1.73 bits per heavy atom. The Bertz CT molecular complexity index is 220. The fourth-order valence-electron chi connectivity index (χ4n) is 0.847. The molecule has 0 aromatic carbocycles. The highest BCUT2D eigenvalue weighted by molar-refractivity contribution is 7.11. The van der Waals surface area contributed by atoms with Gasteiger partial charge in [0.2, 0.25) is 0 Å². The number of aliphatic hydroxyl groups is 1. The van der Waals surface area contributed by atoms with Crippen LogP contribution in [0.25, 0.3) is 0 Å². The lowest BCUT2D eigenvalue weighted by atomic mass is 10.3. The van der Waals surface area contributed by atoms with Gasteiger partial charge in [0.1, 0.15) is 0 Å². The molecular weight excluding hydrogens is 158 g/mol. The van der Waals surface area contributed by atoms with E-state index in [0.29, 0.717) is 0 Å². The maximum Gasteiger partial charge on any atom is 0.0928 e. The predicted molar refractivity (Wildman–Crippen MR) is 46.7 cm³/mol. The normalized spacial score (nSPS) is 13.4. The summed E-state index contributed by atoms with van der Waals surface area (Å²) in [6.45, 7) is 3.90. The van der Waals surface area contributed by atoms with Gasteiger partial charge in [0.05, 0.1) is 16.0 Å². The molecule has 1 unspecified atom stereocenters. The van der Waals surface area contributed by atoms with Crippen molar-refractivity contribution in [1.29, 1.82) is 0 Å². The number of nitrogens with zero attached hydrogens (tertiary/aromatic N) is 1. The van der Waals surface area contributed by atoms with E-state index in [9.17, 15) is 5.11 Å². The zero-order chi connectivity index (χ0) is 8.27. The molecule has 0 bridgehead atoms. The van der Waals surface area contributed by atoms with Crippen molar-refractivity contribution in [3.63, 3.8) is 0 Å². The van der Waals surface area contributed by atoms with E-state index in [1.807, 2.05) is 0 Å². The first kappa shape index (κ1) is 8.68. The Morgan fingerprint density at radius 3 is 2.91 bits per heavy atom. The number of thiazole rings is 1. The minimum Gasteiger partial charge on any atom is -0.388 e. The SMILES string of the molecule is CCCc1ncc(C(C)O)s1. The molecule has 3 heteroatoms. The van der Waals surface area contributed by atoms with Gasteiger partial charge in [-0.3, -0.25) is 0 Å². The zero-order valence-corrected chi connectivity index (χ0v) is 7.69. The highest BCUT2D eigenvalue weighted by Gasteiger charge is 2.04. The summed E-state index contributed by atoms with van der Waals surface area (Å²) >= 11 is 1.60. The number of rotatable bonds is 3. The van der Waals surface area contributed by atoms with Crippen LogP contribution in [0.3, 0.4) is 0 Å². The van der Waals surface area contributed by atoms with Crippen molar-refractivity contribution < 1.29 is 5.11 Å². The standard InChI is InChI=1S/C8H13NOS/c1-3-4-8-9-5-7(11-8)6(2)10/h5-6,10H,3-4H2,1-2H3. The van der Waals surface area contributed by atoms with Crippen LogP contribution in [0.15, 0.2) is 6.20 Å². The van der Waals surface area contributed by atoms with Crippen molar-refractivity contribution in [3.8, 4) is 0 Å². The third-order valence-electron chi connectivity index (χ3n) is 1.45. The molecule has 1 N–H and O–H groups in total. The highest BCUT2D eigenvalue weighted by atomic mass is 32.1. The molecule has 0 aliphatic carbocycles. The lowest BCUT2D eigenvalue weighted by Crippen LogP contribution is -1.83. The molecule has 11 heavy (non-hydrogen) atoms. The van der Waals surface area contributed by atoms with E-state index in [4.69, 9.17) is 0 Å². The van der Waals surface area contributed by atoms with Gasteiger partial charge in [-0.2, -0.15) is 0 Å². The number of aromatic nitrogens is 1. The summed E-state index contributed by atoms with van der Waals surface area (Å²) < 4.78 is 0. The zero-order valence-electron chi connectivity index (χ0n) is 6.87. The molecule has 62 valence electrons. The molecule has 2 nitrogen and oxygen atoms in total.